The lowest BCUT2D eigenvalue weighted by molar-refractivity contribution is 0.247. The van der Waals surface area contributed by atoms with Gasteiger partial charge in [-0.1, -0.05) is 0 Å². The summed E-state index contributed by atoms with van der Waals surface area (Å²) in [6.45, 7) is 0. The molecular formula is C13H14FN5O. The lowest BCUT2D eigenvalue weighted by Gasteiger charge is -2.22. The minimum atomic E-state index is -0.435. The number of halogens is 1. The third kappa shape index (κ3) is 2.76. The number of aryl methyl sites for hydroxylation is 1. The minimum absolute atomic E-state index is 0.0700. The lowest BCUT2D eigenvalue weighted by Crippen LogP contribution is -2.41. The maximum atomic E-state index is 12.7. The summed E-state index contributed by atoms with van der Waals surface area (Å²) in [7, 11) is 0. The van der Waals surface area contributed by atoms with Crippen molar-refractivity contribution in [3.63, 3.8) is 0 Å². The van der Waals surface area contributed by atoms with Crippen molar-refractivity contribution in [2.24, 2.45) is 0 Å². The van der Waals surface area contributed by atoms with Crippen LogP contribution in [0.1, 0.15) is 17.7 Å². The number of nitrogens with zero attached hydrogens (tertiary/aromatic N) is 2. The van der Waals surface area contributed by atoms with E-state index >= 15 is 0 Å². The number of carbonyl (C=O) groups is 1. The number of nitrogens with one attached hydrogen (secondary N) is 3. The van der Waals surface area contributed by atoms with E-state index in [1.165, 1.54) is 12.1 Å². The number of pyridine rings is 1. The van der Waals surface area contributed by atoms with E-state index < -0.39 is 5.82 Å². The first-order valence-corrected chi connectivity index (χ1v) is 6.41. The zero-order chi connectivity index (χ0) is 13.9. The van der Waals surface area contributed by atoms with E-state index in [1.807, 2.05) is 0 Å². The highest BCUT2D eigenvalue weighted by molar-refractivity contribution is 5.88. The minimum Gasteiger partial charge on any atom is -0.335 e. The van der Waals surface area contributed by atoms with Crippen LogP contribution >= 0.6 is 0 Å². The van der Waals surface area contributed by atoms with Crippen molar-refractivity contribution in [1.29, 1.82) is 0 Å². The number of hydrogen-bond acceptors (Lipinski definition) is 3. The van der Waals surface area contributed by atoms with E-state index in [2.05, 4.69) is 25.8 Å². The van der Waals surface area contributed by atoms with E-state index in [0.717, 1.165) is 36.7 Å². The Bertz CT molecular complexity index is 609. The molecule has 2 amide bonds. The van der Waals surface area contributed by atoms with Gasteiger partial charge in [0.25, 0.3) is 0 Å². The first kappa shape index (κ1) is 12.6. The van der Waals surface area contributed by atoms with Gasteiger partial charge in [0.1, 0.15) is 11.6 Å². The molecule has 3 N–H and O–H groups in total. The predicted octanol–water partition coefficient (Wildman–Crippen LogP) is 1.62. The molecule has 1 aliphatic rings. The molecule has 1 atom stereocenters. The normalized spacial score (nSPS) is 17.4. The van der Waals surface area contributed by atoms with E-state index in [4.69, 9.17) is 0 Å². The Kier molecular flexibility index (Phi) is 3.32. The van der Waals surface area contributed by atoms with E-state index in [9.17, 15) is 9.18 Å². The van der Waals surface area contributed by atoms with E-state index in [0.29, 0.717) is 5.82 Å². The molecule has 6 nitrogen and oxygen atoms in total. The number of aromatic amines is 1. The lowest BCUT2D eigenvalue weighted by atomic mass is 9.94. The molecule has 104 valence electrons. The Labute approximate surface area is 114 Å². The van der Waals surface area contributed by atoms with E-state index in [-0.39, 0.29) is 12.1 Å². The van der Waals surface area contributed by atoms with Crippen LogP contribution in [0.2, 0.25) is 0 Å². The van der Waals surface area contributed by atoms with Crippen molar-refractivity contribution in [3.05, 3.63) is 41.6 Å². The number of fused-ring (bicyclic) bond motifs is 1. The highest BCUT2D eigenvalue weighted by Crippen LogP contribution is 2.18. The standard InChI is InChI=1S/C13H14FN5O/c14-9-1-4-12(15-7-9)18-13(20)17-10-2-3-11-8(5-10)6-16-19-11/h1,4,6-7,10H,2-3,5H2,(H,16,19)(H2,15,17,18,20)/t10-/m0/s1. The van der Waals surface area contributed by atoms with Gasteiger partial charge < -0.3 is 5.32 Å². The van der Waals surface area contributed by atoms with Crippen LogP contribution in [0, 0.1) is 5.82 Å². The number of H-pyrrole nitrogens is 1. The monoisotopic (exact) mass is 275 g/mol. The highest BCUT2D eigenvalue weighted by atomic mass is 19.1. The average molecular weight is 275 g/mol. The highest BCUT2D eigenvalue weighted by Gasteiger charge is 2.21. The van der Waals surface area contributed by atoms with E-state index in [1.54, 1.807) is 6.20 Å². The molecule has 0 saturated carbocycles. The molecule has 0 aromatic carbocycles. The van der Waals surface area contributed by atoms with Gasteiger partial charge >= 0.3 is 6.03 Å². The molecule has 7 heteroatoms. The quantitative estimate of drug-likeness (QED) is 0.779. The van der Waals surface area contributed by atoms with Crippen molar-refractivity contribution in [2.75, 3.05) is 5.32 Å². The molecule has 0 unspecified atom stereocenters. The molecule has 0 spiro atoms. The number of rotatable bonds is 2. The average Bonchev–Trinajstić information content (AvgIpc) is 2.89. The van der Waals surface area contributed by atoms with Gasteiger partial charge in [0.2, 0.25) is 0 Å². The Morgan fingerprint density at radius 3 is 3.10 bits per heavy atom. The van der Waals surface area contributed by atoms with Gasteiger partial charge in [-0.25, -0.2) is 14.2 Å². The van der Waals surface area contributed by atoms with Crippen molar-refractivity contribution in [2.45, 2.75) is 25.3 Å². The smallest absolute Gasteiger partial charge is 0.320 e. The fraction of sp³-hybridized carbons (Fsp3) is 0.308. The van der Waals surface area contributed by atoms with Crippen molar-refractivity contribution >= 4 is 11.8 Å². The van der Waals surface area contributed by atoms with Crippen LogP contribution in [0.3, 0.4) is 0 Å². The number of aromatic nitrogens is 3. The van der Waals surface area contributed by atoms with Gasteiger partial charge in [0.15, 0.2) is 0 Å². The Balaban J connectivity index is 1.56. The molecule has 1 aliphatic carbocycles. The summed E-state index contributed by atoms with van der Waals surface area (Å²) < 4.78 is 12.7. The van der Waals surface area contributed by atoms with Gasteiger partial charge in [-0.2, -0.15) is 5.10 Å². The Morgan fingerprint density at radius 1 is 1.40 bits per heavy atom. The summed E-state index contributed by atoms with van der Waals surface area (Å²) >= 11 is 0. The van der Waals surface area contributed by atoms with Gasteiger partial charge in [0, 0.05) is 11.7 Å². The van der Waals surface area contributed by atoms with Crippen LogP contribution in [0.25, 0.3) is 0 Å². The topological polar surface area (TPSA) is 82.7 Å². The molecule has 0 radical (unpaired) electrons. The second kappa shape index (κ2) is 5.28. The van der Waals surface area contributed by atoms with Gasteiger partial charge in [-0.15, -0.1) is 0 Å². The van der Waals surface area contributed by atoms with Gasteiger partial charge in [-0.3, -0.25) is 10.4 Å². The fourth-order valence-electron chi connectivity index (χ4n) is 2.33. The maximum Gasteiger partial charge on any atom is 0.320 e. The molecule has 0 saturated heterocycles. The molecule has 2 heterocycles. The molecule has 0 fully saturated rings. The molecule has 0 aliphatic heterocycles. The van der Waals surface area contributed by atoms with Crippen LogP contribution in [-0.4, -0.2) is 27.3 Å². The summed E-state index contributed by atoms with van der Waals surface area (Å²) in [4.78, 5) is 15.6. The van der Waals surface area contributed by atoms with Crippen LogP contribution < -0.4 is 10.6 Å². The van der Waals surface area contributed by atoms with Crippen molar-refractivity contribution in [1.82, 2.24) is 20.5 Å². The number of carbonyl (C=O) groups excluding carboxylic acids is 1. The summed E-state index contributed by atoms with van der Waals surface area (Å²) in [6, 6.07) is 2.41. The number of urea groups is 1. The number of hydrogen-bond donors (Lipinski definition) is 3. The molecule has 2 aromatic rings. The van der Waals surface area contributed by atoms with Gasteiger partial charge in [-0.05, 0) is 37.0 Å². The molecule has 20 heavy (non-hydrogen) atoms. The summed E-state index contributed by atoms with van der Waals surface area (Å²) in [6.07, 6.45) is 5.35. The van der Waals surface area contributed by atoms with Crippen molar-refractivity contribution in [3.8, 4) is 0 Å². The molecular weight excluding hydrogens is 261 g/mol. The second-order valence-corrected chi connectivity index (χ2v) is 4.77. The Hall–Kier alpha value is -2.44. The first-order chi connectivity index (χ1) is 9.70. The molecule has 0 bridgehead atoms. The zero-order valence-corrected chi connectivity index (χ0v) is 10.7. The molecule has 2 aromatic heterocycles. The third-order valence-electron chi connectivity index (χ3n) is 3.32. The largest absolute Gasteiger partial charge is 0.335 e. The predicted molar refractivity (Wildman–Crippen MR) is 70.8 cm³/mol. The summed E-state index contributed by atoms with van der Waals surface area (Å²) in [5, 5.41) is 12.4. The zero-order valence-electron chi connectivity index (χ0n) is 10.7. The number of anilines is 1. The summed E-state index contributed by atoms with van der Waals surface area (Å²) in [5.74, 6) is -0.112. The Morgan fingerprint density at radius 2 is 2.30 bits per heavy atom. The SMILES string of the molecule is O=C(Nc1ccc(F)cn1)N[C@H]1CCc2[nH]ncc2C1. The summed E-state index contributed by atoms with van der Waals surface area (Å²) in [5.41, 5.74) is 2.28. The van der Waals surface area contributed by atoms with Crippen LogP contribution in [0.15, 0.2) is 24.5 Å². The van der Waals surface area contributed by atoms with Gasteiger partial charge in [0.05, 0.1) is 12.4 Å². The second-order valence-electron chi connectivity index (χ2n) is 4.77. The maximum absolute atomic E-state index is 12.7. The third-order valence-corrected chi connectivity index (χ3v) is 3.32. The first-order valence-electron chi connectivity index (χ1n) is 6.41. The fourth-order valence-corrected chi connectivity index (χ4v) is 2.33. The van der Waals surface area contributed by atoms with Crippen molar-refractivity contribution < 1.29 is 9.18 Å². The number of amides is 2. The van der Waals surface area contributed by atoms with Crippen LogP contribution in [0.4, 0.5) is 15.0 Å². The van der Waals surface area contributed by atoms with Crippen LogP contribution in [0.5, 0.6) is 0 Å². The molecule has 3 rings (SSSR count). The van der Waals surface area contributed by atoms with Crippen LogP contribution in [-0.2, 0) is 12.8 Å².